The van der Waals surface area contributed by atoms with Crippen LogP contribution in [0.4, 0.5) is 11.8 Å². The van der Waals surface area contributed by atoms with Gasteiger partial charge in [0.05, 0.1) is 22.8 Å². The zero-order valence-electron chi connectivity index (χ0n) is 21.4. The van der Waals surface area contributed by atoms with Crippen molar-refractivity contribution in [3.63, 3.8) is 0 Å². The van der Waals surface area contributed by atoms with Gasteiger partial charge in [0.1, 0.15) is 29.6 Å². The third-order valence-corrected chi connectivity index (χ3v) is 5.46. The van der Waals surface area contributed by atoms with Gasteiger partial charge >= 0.3 is 0 Å². The number of nitrogens with two attached hydrogens (primary N) is 2. The zero-order valence-corrected chi connectivity index (χ0v) is 21.4. The van der Waals surface area contributed by atoms with E-state index in [9.17, 15) is 9.59 Å². The minimum absolute atomic E-state index is 0.0801. The highest BCUT2D eigenvalue weighted by Gasteiger charge is 2.17. The molecule has 2 heterocycles. The number of nitriles is 1. The number of carbonyl (C=O) groups is 1. The molecule has 0 saturated carbocycles. The average Bonchev–Trinajstić information content (AvgIpc) is 2.91. The molecule has 10 heteroatoms. The van der Waals surface area contributed by atoms with Crippen LogP contribution in [-0.4, -0.2) is 44.8 Å². The second kappa shape index (κ2) is 12.6. The molecule has 0 bridgehead atoms. The standard InChI is InChI=1S/C23H23N3O2.C5H5N5/c1-4-21-24-19-14-10-13-18(20(25(2)3)15-8-9-16-27)22(19)23(28)26(21)17-11-6-5-7-12-17;6-1-3-2-9-5(8)10-4(3)7/h5-16H,4H2,1-3H3;2H,(H4,7,8,9,10)/b9-8-,20-15-;. The maximum Gasteiger partial charge on any atom is 0.266 e. The van der Waals surface area contributed by atoms with Gasteiger partial charge in [0.25, 0.3) is 5.56 Å². The van der Waals surface area contributed by atoms with Gasteiger partial charge in [-0.1, -0.05) is 43.3 Å². The first-order valence-electron chi connectivity index (χ1n) is 11.7. The number of aryl methyl sites for hydroxylation is 1. The van der Waals surface area contributed by atoms with E-state index in [-0.39, 0.29) is 22.9 Å². The molecule has 10 nitrogen and oxygen atoms in total. The van der Waals surface area contributed by atoms with Gasteiger partial charge in [-0.25, -0.2) is 9.97 Å². The Labute approximate surface area is 220 Å². The number of benzene rings is 2. The van der Waals surface area contributed by atoms with E-state index >= 15 is 0 Å². The summed E-state index contributed by atoms with van der Waals surface area (Å²) in [6.45, 7) is 1.99. The second-order valence-electron chi connectivity index (χ2n) is 8.16. The molecule has 0 spiro atoms. The third-order valence-electron chi connectivity index (χ3n) is 5.46. The number of nitrogens with zero attached hydrogens (tertiary/aromatic N) is 6. The number of anilines is 2. The number of hydrogen-bond donors (Lipinski definition) is 2. The maximum absolute atomic E-state index is 13.6. The fourth-order valence-corrected chi connectivity index (χ4v) is 3.74. The van der Waals surface area contributed by atoms with Gasteiger partial charge in [-0.2, -0.15) is 10.2 Å². The number of aldehydes is 1. The van der Waals surface area contributed by atoms with Crippen LogP contribution < -0.4 is 17.0 Å². The van der Waals surface area contributed by atoms with E-state index in [0.717, 1.165) is 29.1 Å². The van der Waals surface area contributed by atoms with Crippen LogP contribution in [0.25, 0.3) is 22.3 Å². The fraction of sp³-hybridized carbons (Fsp3) is 0.143. The number of nitrogen functional groups attached to an aromatic ring is 2. The number of fused-ring (bicyclic) bond motifs is 1. The summed E-state index contributed by atoms with van der Waals surface area (Å²) in [5.74, 6) is 0.920. The molecule has 4 N–H and O–H groups in total. The molecule has 4 rings (SSSR count). The van der Waals surface area contributed by atoms with Gasteiger partial charge in [0.2, 0.25) is 5.95 Å². The zero-order chi connectivity index (χ0) is 27.7. The lowest BCUT2D eigenvalue weighted by Gasteiger charge is -2.20. The summed E-state index contributed by atoms with van der Waals surface area (Å²) in [6.07, 6.45) is 7.57. The molecule has 0 aliphatic heterocycles. The van der Waals surface area contributed by atoms with E-state index in [2.05, 4.69) is 9.97 Å². The van der Waals surface area contributed by atoms with Crippen molar-refractivity contribution in [2.45, 2.75) is 13.3 Å². The van der Waals surface area contributed by atoms with Gasteiger partial charge in [0.15, 0.2) is 0 Å². The molecule has 192 valence electrons. The summed E-state index contributed by atoms with van der Waals surface area (Å²) in [4.78, 5) is 38.1. The molecule has 4 aromatic rings. The highest BCUT2D eigenvalue weighted by Crippen LogP contribution is 2.24. The summed E-state index contributed by atoms with van der Waals surface area (Å²) in [7, 11) is 3.81. The molecule has 0 amide bonds. The Morgan fingerprint density at radius 3 is 2.42 bits per heavy atom. The third kappa shape index (κ3) is 6.09. The highest BCUT2D eigenvalue weighted by molar-refractivity contribution is 5.91. The Kier molecular flexibility index (Phi) is 9.05. The Morgan fingerprint density at radius 2 is 1.82 bits per heavy atom. The number of hydrogen-bond acceptors (Lipinski definition) is 9. The van der Waals surface area contributed by atoms with E-state index in [1.54, 1.807) is 10.6 Å². The largest absolute Gasteiger partial charge is 0.382 e. The lowest BCUT2D eigenvalue weighted by Crippen LogP contribution is -2.25. The molecule has 0 atom stereocenters. The van der Waals surface area contributed by atoms with Crippen LogP contribution in [0.5, 0.6) is 0 Å². The van der Waals surface area contributed by atoms with Crippen LogP contribution in [0, 0.1) is 11.3 Å². The average molecular weight is 509 g/mol. The molecule has 2 aromatic heterocycles. The van der Waals surface area contributed by atoms with Gasteiger partial charge in [-0.3, -0.25) is 14.2 Å². The number of carbonyl (C=O) groups excluding carboxylic acids is 1. The number of rotatable bonds is 6. The molecule has 38 heavy (non-hydrogen) atoms. The quantitative estimate of drug-likeness (QED) is 0.227. The van der Waals surface area contributed by atoms with Crippen molar-refractivity contribution in [3.8, 4) is 11.8 Å². The number of allylic oxidation sites excluding steroid dienone is 3. The monoisotopic (exact) mass is 508 g/mol. The van der Waals surface area contributed by atoms with Crippen molar-refractivity contribution >= 4 is 34.7 Å². The lowest BCUT2D eigenvalue weighted by atomic mass is 10.0. The number of aromatic nitrogens is 4. The van der Waals surface area contributed by atoms with Crippen LogP contribution in [-0.2, 0) is 11.2 Å². The molecule has 2 aromatic carbocycles. The van der Waals surface area contributed by atoms with Gasteiger partial charge in [-0.15, -0.1) is 0 Å². The van der Waals surface area contributed by atoms with Crippen LogP contribution in [0.2, 0.25) is 0 Å². The predicted molar refractivity (Wildman–Crippen MR) is 149 cm³/mol. The summed E-state index contributed by atoms with van der Waals surface area (Å²) in [5.41, 5.74) is 13.7. The van der Waals surface area contributed by atoms with E-state index < -0.39 is 0 Å². The summed E-state index contributed by atoms with van der Waals surface area (Å²) in [5, 5.41) is 8.92. The molecule has 0 fully saturated rings. The highest BCUT2D eigenvalue weighted by atomic mass is 16.1. The molecule has 0 unspecified atom stereocenters. The minimum Gasteiger partial charge on any atom is -0.382 e. The molecule has 0 saturated heterocycles. The van der Waals surface area contributed by atoms with E-state index in [0.29, 0.717) is 17.3 Å². The summed E-state index contributed by atoms with van der Waals surface area (Å²) < 4.78 is 1.68. The molecule has 0 radical (unpaired) electrons. The first kappa shape index (κ1) is 27.3. The summed E-state index contributed by atoms with van der Waals surface area (Å²) in [6, 6.07) is 17.1. The molecule has 0 aliphatic carbocycles. The van der Waals surface area contributed by atoms with Crippen LogP contribution in [0.15, 0.2) is 77.8 Å². The van der Waals surface area contributed by atoms with Crippen molar-refractivity contribution in [1.82, 2.24) is 24.4 Å². The van der Waals surface area contributed by atoms with Gasteiger partial charge in [0, 0.05) is 31.8 Å². The fourth-order valence-electron chi connectivity index (χ4n) is 3.74. The van der Waals surface area contributed by atoms with Crippen LogP contribution in [0.1, 0.15) is 23.9 Å². The van der Waals surface area contributed by atoms with E-state index in [1.165, 1.54) is 12.3 Å². The first-order chi connectivity index (χ1) is 18.3. The van der Waals surface area contributed by atoms with Gasteiger partial charge < -0.3 is 16.4 Å². The lowest BCUT2D eigenvalue weighted by molar-refractivity contribution is -0.104. The van der Waals surface area contributed by atoms with Crippen LogP contribution >= 0.6 is 0 Å². The predicted octanol–water partition coefficient (Wildman–Crippen LogP) is 3.12. The Balaban J connectivity index is 0.000000336. The van der Waals surface area contributed by atoms with Gasteiger partial charge in [-0.05, 0) is 30.4 Å². The van der Waals surface area contributed by atoms with Crippen molar-refractivity contribution in [2.75, 3.05) is 25.6 Å². The van der Waals surface area contributed by atoms with Crippen molar-refractivity contribution in [1.29, 1.82) is 5.26 Å². The Morgan fingerprint density at radius 1 is 1.08 bits per heavy atom. The SMILES string of the molecule is CCc1nc2cccc(/C(=C/C=C\C=O)N(C)C)c2c(=O)n1-c1ccccc1.N#Cc1cnc(N)nc1N. The topological polar surface area (TPSA) is 157 Å². The normalized spacial score (nSPS) is 11.1. The second-order valence-corrected chi connectivity index (χ2v) is 8.16. The van der Waals surface area contributed by atoms with E-state index in [4.69, 9.17) is 21.7 Å². The minimum atomic E-state index is -0.101. The maximum atomic E-state index is 13.6. The summed E-state index contributed by atoms with van der Waals surface area (Å²) >= 11 is 0. The van der Waals surface area contributed by atoms with Crippen molar-refractivity contribution < 1.29 is 4.79 Å². The number of para-hydroxylation sites is 1. The molecular formula is C28H28N8O2. The Hall–Kier alpha value is -5.30. The molecular weight excluding hydrogens is 480 g/mol. The van der Waals surface area contributed by atoms with E-state index in [1.807, 2.05) is 86.6 Å². The van der Waals surface area contributed by atoms with Crippen molar-refractivity contribution in [3.05, 3.63) is 100 Å². The van der Waals surface area contributed by atoms with Crippen molar-refractivity contribution in [2.24, 2.45) is 0 Å². The Bertz CT molecular complexity index is 1600. The van der Waals surface area contributed by atoms with Crippen LogP contribution in [0.3, 0.4) is 0 Å². The first-order valence-corrected chi connectivity index (χ1v) is 11.7. The smallest absolute Gasteiger partial charge is 0.266 e. The molecule has 0 aliphatic rings.